The van der Waals surface area contributed by atoms with Gasteiger partial charge in [0.1, 0.15) is 6.10 Å². The highest BCUT2D eigenvalue weighted by Crippen LogP contribution is 2.34. The highest BCUT2D eigenvalue weighted by atomic mass is 16.6. The molecule has 4 atom stereocenters. The second kappa shape index (κ2) is 10.3. The molecule has 1 fully saturated rings. The summed E-state index contributed by atoms with van der Waals surface area (Å²) in [4.78, 5) is 41.8. The van der Waals surface area contributed by atoms with E-state index in [9.17, 15) is 19.5 Å². The smallest absolute Gasteiger partial charge is 0.351 e. The lowest BCUT2D eigenvalue weighted by Crippen LogP contribution is -2.42. The van der Waals surface area contributed by atoms with Crippen LogP contribution < -0.4 is 11.2 Å². The van der Waals surface area contributed by atoms with Gasteiger partial charge in [-0.2, -0.15) is 4.98 Å². The van der Waals surface area contributed by atoms with E-state index in [0.717, 1.165) is 4.57 Å². The molecule has 176 valence electrons. The molecular weight excluding hydrogens is 446 g/mol. The Balaban J connectivity index is 1.69. The Morgan fingerprint density at radius 2 is 1.50 bits per heavy atom. The number of aliphatic hydroxyl groups is 1. The summed E-state index contributed by atoms with van der Waals surface area (Å²) in [5.41, 5.74) is 1.40. The fourth-order valence-electron chi connectivity index (χ4n) is 3.55. The zero-order valence-corrected chi connectivity index (χ0v) is 17.7. The average Bonchev–Trinajstić information content (AvgIpc) is 3.21. The lowest BCUT2D eigenvalue weighted by atomic mass is 10.1. The molecule has 0 radical (unpaired) electrons. The second-order valence-electron chi connectivity index (χ2n) is 7.33. The lowest BCUT2D eigenvalue weighted by Gasteiger charge is -2.24. The van der Waals surface area contributed by atoms with Crippen molar-refractivity contribution in [1.29, 1.82) is 0 Å². The number of carbonyl (C=O) groups excluding carboxylic acids is 2. The Bertz CT molecular complexity index is 1200. The molecule has 34 heavy (non-hydrogen) atoms. The number of ether oxygens (including phenoxy) is 3. The number of esters is 2. The number of nitrogens with zero attached hydrogens (tertiary/aromatic N) is 2. The van der Waals surface area contributed by atoms with Crippen LogP contribution in [0.15, 0.2) is 77.7 Å². The fourth-order valence-corrected chi connectivity index (χ4v) is 3.55. The molecule has 0 saturated carbocycles. The number of nitrogens with one attached hydrogen (secondary N) is 1. The number of carbonyl (C=O) groups is 2. The van der Waals surface area contributed by atoms with Crippen molar-refractivity contribution in [3.63, 3.8) is 0 Å². The largest absolute Gasteiger partial charge is 0.452 e. The van der Waals surface area contributed by atoms with Gasteiger partial charge in [0.25, 0.3) is 0 Å². The Hall–Kier alpha value is -4.06. The first kappa shape index (κ1) is 23.1. The third kappa shape index (κ3) is 4.81. The van der Waals surface area contributed by atoms with E-state index in [1.807, 2.05) is 0 Å². The van der Waals surface area contributed by atoms with Crippen molar-refractivity contribution in [1.82, 2.24) is 9.55 Å². The number of aliphatic hydroxyl groups excluding tert-OH is 1. The van der Waals surface area contributed by atoms with Gasteiger partial charge in [0.05, 0.1) is 17.7 Å². The Labute approximate surface area is 193 Å². The molecule has 0 bridgehead atoms. The van der Waals surface area contributed by atoms with E-state index in [1.54, 1.807) is 54.0 Å². The predicted molar refractivity (Wildman–Crippen MR) is 116 cm³/mol. The predicted octanol–water partition coefficient (Wildman–Crippen LogP) is 1.39. The molecule has 1 aromatic heterocycles. The molecule has 0 spiro atoms. The molecule has 2 aromatic carbocycles. The minimum Gasteiger partial charge on any atom is -0.452 e. The molecule has 0 unspecified atom stereocenters. The van der Waals surface area contributed by atoms with Crippen LogP contribution in [0.5, 0.6) is 0 Å². The first-order valence-corrected chi connectivity index (χ1v) is 10.3. The summed E-state index contributed by atoms with van der Waals surface area (Å²) >= 11 is 0. The van der Waals surface area contributed by atoms with E-state index in [4.69, 9.17) is 19.4 Å². The SMILES string of the molecule is O=C(O[C@@H]1[C@H](OC(=O)c2ccccc2)[C@@H](n2ccc(NO)nc2=O)O[C@H]1CO)c1ccccc1. The molecule has 2 heterocycles. The van der Waals surface area contributed by atoms with E-state index < -0.39 is 48.8 Å². The number of anilines is 1. The van der Waals surface area contributed by atoms with E-state index in [1.165, 1.54) is 24.4 Å². The van der Waals surface area contributed by atoms with Crippen LogP contribution in [0.1, 0.15) is 26.9 Å². The van der Waals surface area contributed by atoms with Crippen molar-refractivity contribution in [2.24, 2.45) is 0 Å². The average molecular weight is 467 g/mol. The number of rotatable bonds is 7. The number of aromatic nitrogens is 2. The summed E-state index contributed by atoms with van der Waals surface area (Å²) in [5, 5.41) is 18.9. The van der Waals surface area contributed by atoms with Crippen molar-refractivity contribution < 1.29 is 34.1 Å². The summed E-state index contributed by atoms with van der Waals surface area (Å²) in [5.74, 6) is -1.57. The van der Waals surface area contributed by atoms with Crippen LogP contribution in [-0.2, 0) is 14.2 Å². The molecule has 0 amide bonds. The molecule has 1 saturated heterocycles. The van der Waals surface area contributed by atoms with Crippen LogP contribution >= 0.6 is 0 Å². The topological polar surface area (TPSA) is 149 Å². The Morgan fingerprint density at radius 3 is 2.00 bits per heavy atom. The minimum absolute atomic E-state index is 0.108. The maximum absolute atomic E-state index is 12.8. The number of hydrogen-bond donors (Lipinski definition) is 3. The van der Waals surface area contributed by atoms with Crippen LogP contribution in [0.4, 0.5) is 5.82 Å². The summed E-state index contributed by atoms with van der Waals surface area (Å²) < 4.78 is 18.1. The molecule has 11 heteroatoms. The highest BCUT2D eigenvalue weighted by molar-refractivity contribution is 5.90. The van der Waals surface area contributed by atoms with Crippen molar-refractivity contribution in [3.8, 4) is 0 Å². The standard InChI is InChI=1S/C23H21N3O8/c27-13-16-18(33-21(28)14-7-3-1-4-8-14)19(34-22(29)15-9-5-2-6-10-15)20(32-16)26-12-11-17(25-31)24-23(26)30/h1-12,16,18-20,27,31H,13H2,(H,24,25,30)/t16-,18-,19-,20-/m0/s1. The first-order chi connectivity index (χ1) is 16.5. The van der Waals surface area contributed by atoms with Gasteiger partial charge in [0.2, 0.25) is 0 Å². The molecule has 11 nitrogen and oxygen atoms in total. The van der Waals surface area contributed by atoms with Crippen molar-refractivity contribution in [2.75, 3.05) is 12.1 Å². The van der Waals surface area contributed by atoms with Gasteiger partial charge in [-0.25, -0.2) is 14.4 Å². The third-order valence-corrected chi connectivity index (χ3v) is 5.19. The summed E-state index contributed by atoms with van der Waals surface area (Å²) in [6.45, 7) is -0.582. The van der Waals surface area contributed by atoms with Gasteiger partial charge in [-0.05, 0) is 30.3 Å². The molecular formula is C23H21N3O8. The van der Waals surface area contributed by atoms with E-state index in [-0.39, 0.29) is 16.9 Å². The first-order valence-electron chi connectivity index (χ1n) is 10.3. The molecule has 1 aliphatic heterocycles. The quantitative estimate of drug-likeness (QED) is 0.344. The van der Waals surface area contributed by atoms with E-state index >= 15 is 0 Å². The normalized spacial score (nSPS) is 21.6. The van der Waals surface area contributed by atoms with Gasteiger partial charge < -0.3 is 19.3 Å². The van der Waals surface area contributed by atoms with E-state index in [0.29, 0.717) is 0 Å². The van der Waals surface area contributed by atoms with Crippen molar-refractivity contribution in [3.05, 3.63) is 94.5 Å². The van der Waals surface area contributed by atoms with Gasteiger partial charge in [-0.3, -0.25) is 15.3 Å². The molecule has 0 aliphatic carbocycles. The van der Waals surface area contributed by atoms with Crippen LogP contribution in [0.25, 0.3) is 0 Å². The summed E-state index contributed by atoms with van der Waals surface area (Å²) in [7, 11) is 0. The molecule has 3 N–H and O–H groups in total. The number of benzene rings is 2. The molecule has 1 aliphatic rings. The lowest BCUT2D eigenvalue weighted by molar-refractivity contribution is -0.0603. The molecule has 4 rings (SSSR count). The van der Waals surface area contributed by atoms with Crippen LogP contribution in [0, 0.1) is 0 Å². The van der Waals surface area contributed by atoms with Gasteiger partial charge in [0, 0.05) is 6.20 Å². The van der Waals surface area contributed by atoms with Crippen LogP contribution in [0.2, 0.25) is 0 Å². The van der Waals surface area contributed by atoms with Crippen molar-refractivity contribution >= 4 is 17.8 Å². The van der Waals surface area contributed by atoms with Crippen molar-refractivity contribution in [2.45, 2.75) is 24.5 Å². The van der Waals surface area contributed by atoms with E-state index in [2.05, 4.69) is 4.98 Å². The van der Waals surface area contributed by atoms with Gasteiger partial charge in [0.15, 0.2) is 24.3 Å². The summed E-state index contributed by atoms with van der Waals surface area (Å²) in [6, 6.07) is 17.5. The summed E-state index contributed by atoms with van der Waals surface area (Å²) in [6.07, 6.45) is -3.65. The minimum atomic E-state index is -1.30. The maximum Gasteiger partial charge on any atom is 0.351 e. The maximum atomic E-state index is 12.8. The Kier molecular flexibility index (Phi) is 6.97. The molecule has 3 aromatic rings. The highest BCUT2D eigenvalue weighted by Gasteiger charge is 2.51. The van der Waals surface area contributed by atoms with Gasteiger partial charge in [-0.15, -0.1) is 0 Å². The zero-order chi connectivity index (χ0) is 24.1. The fraction of sp³-hybridized carbons (Fsp3) is 0.217. The van der Waals surface area contributed by atoms with Gasteiger partial charge in [-0.1, -0.05) is 36.4 Å². The third-order valence-electron chi connectivity index (χ3n) is 5.19. The second-order valence-corrected chi connectivity index (χ2v) is 7.33. The monoisotopic (exact) mass is 467 g/mol. The number of hydrogen-bond acceptors (Lipinski definition) is 10. The van der Waals surface area contributed by atoms with Crippen LogP contribution in [0.3, 0.4) is 0 Å². The van der Waals surface area contributed by atoms with Crippen LogP contribution in [-0.4, -0.2) is 56.7 Å². The van der Waals surface area contributed by atoms with Gasteiger partial charge >= 0.3 is 17.6 Å². The zero-order valence-electron chi connectivity index (χ0n) is 17.7. The Morgan fingerprint density at radius 1 is 0.941 bits per heavy atom.